The minimum atomic E-state index is -0.200. The van der Waals surface area contributed by atoms with Crippen molar-refractivity contribution in [2.75, 3.05) is 33.4 Å². The van der Waals surface area contributed by atoms with E-state index < -0.39 is 0 Å². The van der Waals surface area contributed by atoms with Gasteiger partial charge in [0.1, 0.15) is 5.82 Å². The predicted molar refractivity (Wildman–Crippen MR) is 82.1 cm³/mol. The van der Waals surface area contributed by atoms with Crippen LogP contribution in [0.3, 0.4) is 0 Å². The van der Waals surface area contributed by atoms with E-state index in [2.05, 4.69) is 20.8 Å². The molecule has 1 aromatic rings. The molecule has 112 valence electrons. The molecule has 0 bridgehead atoms. The van der Waals surface area contributed by atoms with Gasteiger partial charge >= 0.3 is 0 Å². The minimum absolute atomic E-state index is 0.0778. The van der Waals surface area contributed by atoms with Crippen LogP contribution in [0.2, 0.25) is 0 Å². The first-order valence-electron chi connectivity index (χ1n) is 7.04. The molecule has 0 saturated carbocycles. The van der Waals surface area contributed by atoms with E-state index in [4.69, 9.17) is 10.5 Å². The van der Waals surface area contributed by atoms with Gasteiger partial charge in [0.15, 0.2) is 0 Å². The highest BCUT2D eigenvalue weighted by atomic mass is 79.9. The fourth-order valence-electron chi connectivity index (χ4n) is 2.78. The lowest BCUT2D eigenvalue weighted by Crippen LogP contribution is -2.36. The lowest BCUT2D eigenvalue weighted by atomic mass is 9.97. The first kappa shape index (κ1) is 15.9. The maximum Gasteiger partial charge on any atom is 0.129 e. The average Bonchev–Trinajstić information content (AvgIpc) is 2.43. The molecule has 20 heavy (non-hydrogen) atoms. The molecule has 1 aromatic carbocycles. The van der Waals surface area contributed by atoms with Crippen LogP contribution in [-0.4, -0.2) is 38.3 Å². The van der Waals surface area contributed by atoms with Crippen molar-refractivity contribution in [3.8, 4) is 0 Å². The van der Waals surface area contributed by atoms with E-state index in [0.717, 1.165) is 37.1 Å². The molecule has 0 amide bonds. The van der Waals surface area contributed by atoms with Gasteiger partial charge < -0.3 is 10.5 Å². The van der Waals surface area contributed by atoms with E-state index in [1.807, 2.05) is 19.2 Å². The van der Waals surface area contributed by atoms with Crippen LogP contribution in [0.15, 0.2) is 22.7 Å². The topological polar surface area (TPSA) is 38.5 Å². The Labute approximate surface area is 128 Å². The lowest BCUT2D eigenvalue weighted by molar-refractivity contribution is 0.0505. The summed E-state index contributed by atoms with van der Waals surface area (Å²) < 4.78 is 20.2. The average molecular weight is 345 g/mol. The van der Waals surface area contributed by atoms with Crippen LogP contribution in [0.25, 0.3) is 0 Å². The van der Waals surface area contributed by atoms with Crippen LogP contribution in [0.4, 0.5) is 4.39 Å². The van der Waals surface area contributed by atoms with Crippen molar-refractivity contribution in [2.45, 2.75) is 18.9 Å². The molecular formula is C15H22BrFN2O. The number of nitrogens with two attached hydrogens (primary N) is 1. The molecule has 1 heterocycles. The summed E-state index contributed by atoms with van der Waals surface area (Å²) in [6.45, 7) is 3.01. The summed E-state index contributed by atoms with van der Waals surface area (Å²) in [4.78, 5) is 2.17. The highest BCUT2D eigenvalue weighted by molar-refractivity contribution is 9.10. The van der Waals surface area contributed by atoms with Gasteiger partial charge in [-0.25, -0.2) is 4.39 Å². The van der Waals surface area contributed by atoms with Crippen LogP contribution in [-0.2, 0) is 4.74 Å². The van der Waals surface area contributed by atoms with E-state index in [9.17, 15) is 4.39 Å². The largest absolute Gasteiger partial charge is 0.381 e. The maximum absolute atomic E-state index is 14.1. The number of ether oxygens (including phenoxy) is 1. The number of nitrogens with zero attached hydrogens (tertiary/aromatic N) is 1. The van der Waals surface area contributed by atoms with Gasteiger partial charge in [0.2, 0.25) is 0 Å². The Kier molecular flexibility index (Phi) is 5.96. The second-order valence-corrected chi connectivity index (χ2v) is 6.33. The zero-order chi connectivity index (χ0) is 14.5. The highest BCUT2D eigenvalue weighted by Gasteiger charge is 2.23. The summed E-state index contributed by atoms with van der Waals surface area (Å²) in [5.41, 5.74) is 6.54. The third-order valence-electron chi connectivity index (χ3n) is 3.96. The van der Waals surface area contributed by atoms with Gasteiger partial charge in [-0.15, -0.1) is 0 Å². The standard InChI is InChI=1S/C15H22BrFN2O/c1-19(10-11-4-6-20-7-5-11)15(9-18)13-3-2-12(16)8-14(13)17/h2-3,8,11,15H,4-7,9-10,18H2,1H3. The van der Waals surface area contributed by atoms with E-state index in [1.165, 1.54) is 6.07 Å². The minimum Gasteiger partial charge on any atom is -0.381 e. The Bertz CT molecular complexity index is 438. The molecular weight excluding hydrogens is 323 g/mol. The van der Waals surface area contributed by atoms with Gasteiger partial charge in [-0.05, 0) is 37.9 Å². The summed E-state index contributed by atoms with van der Waals surface area (Å²) in [7, 11) is 2.02. The molecule has 3 nitrogen and oxygen atoms in total. The van der Waals surface area contributed by atoms with Gasteiger partial charge in [0, 0.05) is 42.4 Å². The fraction of sp³-hybridized carbons (Fsp3) is 0.600. The second-order valence-electron chi connectivity index (χ2n) is 5.41. The molecule has 0 aromatic heterocycles. The van der Waals surface area contributed by atoms with Gasteiger partial charge in [-0.2, -0.15) is 0 Å². The molecule has 5 heteroatoms. The third kappa shape index (κ3) is 4.01. The Morgan fingerprint density at radius 1 is 1.45 bits per heavy atom. The summed E-state index contributed by atoms with van der Waals surface area (Å²) in [5.74, 6) is 0.412. The maximum atomic E-state index is 14.1. The van der Waals surface area contributed by atoms with Gasteiger partial charge in [0.05, 0.1) is 0 Å². The molecule has 1 unspecified atom stereocenters. The first-order valence-corrected chi connectivity index (χ1v) is 7.84. The van der Waals surface area contributed by atoms with Crippen molar-refractivity contribution >= 4 is 15.9 Å². The summed E-state index contributed by atoms with van der Waals surface area (Å²) in [5, 5.41) is 0. The van der Waals surface area contributed by atoms with Crippen molar-refractivity contribution in [3.05, 3.63) is 34.1 Å². The molecule has 1 fully saturated rings. The van der Waals surface area contributed by atoms with Crippen LogP contribution >= 0.6 is 15.9 Å². The molecule has 2 N–H and O–H groups in total. The van der Waals surface area contributed by atoms with E-state index in [0.29, 0.717) is 18.0 Å². The van der Waals surface area contributed by atoms with Crippen LogP contribution < -0.4 is 5.73 Å². The molecule has 0 spiro atoms. The summed E-state index contributed by atoms with van der Waals surface area (Å²) in [6.07, 6.45) is 2.15. The van der Waals surface area contributed by atoms with Crippen molar-refractivity contribution in [1.29, 1.82) is 0 Å². The Hall–Kier alpha value is -0.490. The number of hydrogen-bond acceptors (Lipinski definition) is 3. The first-order chi connectivity index (χ1) is 9.61. The van der Waals surface area contributed by atoms with Crippen molar-refractivity contribution < 1.29 is 9.13 Å². The van der Waals surface area contributed by atoms with Crippen molar-refractivity contribution in [3.63, 3.8) is 0 Å². The van der Waals surface area contributed by atoms with E-state index in [-0.39, 0.29) is 11.9 Å². The quantitative estimate of drug-likeness (QED) is 0.892. The normalized spacial score (nSPS) is 18.4. The lowest BCUT2D eigenvalue weighted by Gasteiger charge is -2.32. The van der Waals surface area contributed by atoms with E-state index in [1.54, 1.807) is 0 Å². The molecule has 0 radical (unpaired) electrons. The predicted octanol–water partition coefficient (Wildman–Crippen LogP) is 2.95. The number of benzene rings is 1. The fourth-order valence-corrected chi connectivity index (χ4v) is 3.11. The smallest absolute Gasteiger partial charge is 0.129 e. The zero-order valence-electron chi connectivity index (χ0n) is 11.8. The SMILES string of the molecule is CN(CC1CCOCC1)C(CN)c1ccc(Br)cc1F. The monoisotopic (exact) mass is 344 g/mol. The Morgan fingerprint density at radius 3 is 2.75 bits per heavy atom. The van der Waals surface area contributed by atoms with E-state index >= 15 is 0 Å². The third-order valence-corrected chi connectivity index (χ3v) is 4.46. The molecule has 1 atom stereocenters. The Balaban J connectivity index is 2.06. The number of rotatable bonds is 5. The highest BCUT2D eigenvalue weighted by Crippen LogP contribution is 2.26. The molecule has 0 aliphatic carbocycles. The molecule has 2 rings (SSSR count). The van der Waals surface area contributed by atoms with Crippen molar-refractivity contribution in [1.82, 2.24) is 4.90 Å². The number of likely N-dealkylation sites (N-methyl/N-ethyl adjacent to an activating group) is 1. The van der Waals surface area contributed by atoms with Crippen LogP contribution in [0.1, 0.15) is 24.4 Å². The van der Waals surface area contributed by atoms with Gasteiger partial charge in [-0.1, -0.05) is 22.0 Å². The Morgan fingerprint density at radius 2 is 2.15 bits per heavy atom. The second kappa shape index (κ2) is 7.50. The molecule has 1 aliphatic rings. The summed E-state index contributed by atoms with van der Waals surface area (Å²) in [6, 6.07) is 5.10. The number of halogens is 2. The molecule has 1 saturated heterocycles. The van der Waals surface area contributed by atoms with Crippen LogP contribution in [0.5, 0.6) is 0 Å². The zero-order valence-corrected chi connectivity index (χ0v) is 13.4. The van der Waals surface area contributed by atoms with Crippen molar-refractivity contribution in [2.24, 2.45) is 11.7 Å². The van der Waals surface area contributed by atoms with Gasteiger partial charge in [-0.3, -0.25) is 4.90 Å². The molecule has 1 aliphatic heterocycles. The number of hydrogen-bond donors (Lipinski definition) is 1. The van der Waals surface area contributed by atoms with Gasteiger partial charge in [0.25, 0.3) is 0 Å². The summed E-state index contributed by atoms with van der Waals surface area (Å²) >= 11 is 3.29. The van der Waals surface area contributed by atoms with Crippen LogP contribution in [0, 0.1) is 11.7 Å².